The molecule has 0 aromatic heterocycles. The molecule has 0 unspecified atom stereocenters. The highest BCUT2D eigenvalue weighted by molar-refractivity contribution is 6.03. The summed E-state index contributed by atoms with van der Waals surface area (Å²) in [4.78, 5) is 33.5. The first-order chi connectivity index (χ1) is 17.9. The average molecular weight is 496 g/mol. The van der Waals surface area contributed by atoms with E-state index in [-0.39, 0.29) is 18.0 Å². The predicted molar refractivity (Wildman–Crippen MR) is 139 cm³/mol. The highest BCUT2D eigenvalue weighted by Crippen LogP contribution is 2.29. The van der Waals surface area contributed by atoms with Gasteiger partial charge in [-0.15, -0.1) is 0 Å². The van der Waals surface area contributed by atoms with Gasteiger partial charge in [0.1, 0.15) is 18.0 Å². The number of nitrogens with zero attached hydrogens (tertiary/aromatic N) is 3. The summed E-state index contributed by atoms with van der Waals surface area (Å²) in [5.74, 6) is -0.560. The van der Waals surface area contributed by atoms with Crippen molar-refractivity contribution in [2.24, 2.45) is 5.10 Å². The van der Waals surface area contributed by atoms with Crippen molar-refractivity contribution >= 4 is 28.7 Å². The highest BCUT2D eigenvalue weighted by Gasteiger charge is 2.20. The van der Waals surface area contributed by atoms with E-state index in [9.17, 15) is 25.0 Å². The number of carbonyl (C=O) groups excluding carboxylic acids is 1. The van der Waals surface area contributed by atoms with Crippen LogP contribution in [0.2, 0.25) is 0 Å². The van der Waals surface area contributed by atoms with E-state index in [4.69, 9.17) is 4.74 Å². The molecule has 0 fully saturated rings. The van der Waals surface area contributed by atoms with E-state index in [0.717, 1.165) is 23.3 Å². The summed E-state index contributed by atoms with van der Waals surface area (Å²) in [6, 6.07) is 28.7. The lowest BCUT2D eigenvalue weighted by Gasteiger charge is -2.11. The molecule has 10 nitrogen and oxygen atoms in total. The van der Waals surface area contributed by atoms with Gasteiger partial charge in [0.15, 0.2) is 0 Å². The minimum atomic E-state index is -0.741. The fourth-order valence-corrected chi connectivity index (χ4v) is 3.46. The molecule has 1 N–H and O–H groups in total. The molecule has 0 amide bonds. The maximum Gasteiger partial charge on any atom is 0.338 e. The van der Waals surface area contributed by atoms with Gasteiger partial charge in [-0.3, -0.25) is 25.7 Å². The van der Waals surface area contributed by atoms with Gasteiger partial charge < -0.3 is 4.74 Å². The van der Waals surface area contributed by atoms with Gasteiger partial charge in [0.25, 0.3) is 5.69 Å². The van der Waals surface area contributed by atoms with Crippen molar-refractivity contribution in [1.29, 1.82) is 0 Å². The number of nitro benzene ring substituents is 2. The molecule has 0 aliphatic rings. The monoisotopic (exact) mass is 496 g/mol. The summed E-state index contributed by atoms with van der Waals surface area (Å²) in [6.45, 7) is -0.230. The van der Waals surface area contributed by atoms with Crippen LogP contribution in [0, 0.1) is 20.2 Å². The Morgan fingerprint density at radius 2 is 1.38 bits per heavy atom. The van der Waals surface area contributed by atoms with E-state index in [1.807, 2.05) is 42.5 Å². The second kappa shape index (κ2) is 11.4. The van der Waals surface area contributed by atoms with Gasteiger partial charge in [0.05, 0.1) is 21.5 Å². The minimum Gasteiger partial charge on any atom is -0.455 e. The molecule has 0 bridgehead atoms. The number of rotatable bonds is 9. The predicted octanol–water partition coefficient (Wildman–Crippen LogP) is 5.84. The van der Waals surface area contributed by atoms with E-state index in [0.29, 0.717) is 11.1 Å². The van der Waals surface area contributed by atoms with Crippen molar-refractivity contribution in [2.75, 3.05) is 12.0 Å². The van der Waals surface area contributed by atoms with Gasteiger partial charge in [-0.2, -0.15) is 5.10 Å². The number of carbonyl (C=O) groups is 1. The second-order valence-electron chi connectivity index (χ2n) is 7.77. The molecule has 0 radical (unpaired) electrons. The molecule has 0 saturated carbocycles. The Morgan fingerprint density at radius 1 is 0.757 bits per heavy atom. The van der Waals surface area contributed by atoms with E-state index < -0.39 is 27.2 Å². The first-order valence-electron chi connectivity index (χ1n) is 11.1. The Bertz CT molecular complexity index is 1460. The average Bonchev–Trinajstić information content (AvgIpc) is 2.94. The number of hydrogen-bond acceptors (Lipinski definition) is 8. The van der Waals surface area contributed by atoms with Gasteiger partial charge in [-0.1, -0.05) is 72.8 Å². The largest absolute Gasteiger partial charge is 0.455 e. The number of nitrogens with one attached hydrogen (secondary N) is 1. The van der Waals surface area contributed by atoms with Crippen molar-refractivity contribution in [3.8, 4) is 11.1 Å². The molecule has 0 atom stereocenters. The third-order valence-corrected chi connectivity index (χ3v) is 5.37. The Balaban J connectivity index is 1.63. The van der Waals surface area contributed by atoms with Crippen LogP contribution in [0.1, 0.15) is 15.9 Å². The number of benzene rings is 4. The van der Waals surface area contributed by atoms with Crippen LogP contribution in [-0.2, 0) is 4.74 Å². The maximum atomic E-state index is 12.5. The fraction of sp³-hybridized carbons (Fsp3) is 0.0370. The van der Waals surface area contributed by atoms with Crippen LogP contribution in [0.5, 0.6) is 0 Å². The molecule has 0 aliphatic carbocycles. The first kappa shape index (κ1) is 24.7. The smallest absolute Gasteiger partial charge is 0.338 e. The van der Waals surface area contributed by atoms with Crippen LogP contribution in [0.15, 0.2) is 108 Å². The van der Waals surface area contributed by atoms with Crippen molar-refractivity contribution in [3.05, 3.63) is 134 Å². The Labute approximate surface area is 211 Å². The molecule has 10 heteroatoms. The lowest BCUT2D eigenvalue weighted by Crippen LogP contribution is -2.17. The zero-order valence-electron chi connectivity index (χ0n) is 19.3. The topological polar surface area (TPSA) is 137 Å². The highest BCUT2D eigenvalue weighted by atomic mass is 16.6. The summed E-state index contributed by atoms with van der Waals surface area (Å²) >= 11 is 0. The number of anilines is 1. The molecule has 4 rings (SSSR count). The molecule has 0 heterocycles. The number of esters is 1. The van der Waals surface area contributed by atoms with E-state index in [1.54, 1.807) is 42.5 Å². The Kier molecular flexibility index (Phi) is 7.60. The lowest BCUT2D eigenvalue weighted by molar-refractivity contribution is -0.393. The van der Waals surface area contributed by atoms with Gasteiger partial charge in [0.2, 0.25) is 0 Å². The summed E-state index contributed by atoms with van der Waals surface area (Å²) < 4.78 is 5.44. The van der Waals surface area contributed by atoms with Crippen LogP contribution in [0.3, 0.4) is 0 Å². The molecule has 37 heavy (non-hydrogen) atoms. The van der Waals surface area contributed by atoms with E-state index >= 15 is 0 Å². The van der Waals surface area contributed by atoms with E-state index in [1.165, 1.54) is 6.07 Å². The van der Waals surface area contributed by atoms with Crippen LogP contribution in [-0.4, -0.2) is 28.1 Å². The molecule has 0 aliphatic heterocycles. The van der Waals surface area contributed by atoms with Gasteiger partial charge in [-0.05, 0) is 29.3 Å². The molecule has 4 aromatic carbocycles. The van der Waals surface area contributed by atoms with Crippen molar-refractivity contribution < 1.29 is 19.4 Å². The van der Waals surface area contributed by atoms with Crippen molar-refractivity contribution in [2.45, 2.75) is 0 Å². The molecule has 0 saturated heterocycles. The number of non-ortho nitro benzene ring substituents is 1. The van der Waals surface area contributed by atoms with Crippen LogP contribution < -0.4 is 5.43 Å². The summed E-state index contributed by atoms with van der Waals surface area (Å²) in [7, 11) is 0. The number of nitro groups is 2. The summed E-state index contributed by atoms with van der Waals surface area (Å²) in [5.41, 5.74) is 4.85. The van der Waals surface area contributed by atoms with Crippen LogP contribution in [0.25, 0.3) is 11.1 Å². The van der Waals surface area contributed by atoms with Gasteiger partial charge in [0, 0.05) is 11.6 Å². The minimum absolute atomic E-state index is 0.0524. The van der Waals surface area contributed by atoms with Crippen LogP contribution in [0.4, 0.5) is 17.1 Å². The number of ether oxygens (including phenoxy) is 1. The summed E-state index contributed by atoms with van der Waals surface area (Å²) in [5, 5.41) is 26.8. The number of hydrazone groups is 1. The number of hydrogen-bond donors (Lipinski definition) is 1. The molecular formula is C27H20N4O6. The summed E-state index contributed by atoms with van der Waals surface area (Å²) in [6.07, 6.45) is 0. The van der Waals surface area contributed by atoms with Crippen molar-refractivity contribution in [3.63, 3.8) is 0 Å². The Hall–Kier alpha value is -5.38. The molecule has 184 valence electrons. The molecular weight excluding hydrogens is 476 g/mol. The molecule has 4 aromatic rings. The van der Waals surface area contributed by atoms with Gasteiger partial charge in [-0.25, -0.2) is 4.79 Å². The Morgan fingerprint density at radius 3 is 2.00 bits per heavy atom. The van der Waals surface area contributed by atoms with Gasteiger partial charge >= 0.3 is 11.7 Å². The second-order valence-corrected chi connectivity index (χ2v) is 7.77. The zero-order chi connectivity index (χ0) is 26.2. The van der Waals surface area contributed by atoms with Crippen molar-refractivity contribution in [1.82, 2.24) is 0 Å². The van der Waals surface area contributed by atoms with E-state index in [2.05, 4.69) is 10.5 Å². The maximum absolute atomic E-state index is 12.5. The first-order valence-corrected chi connectivity index (χ1v) is 11.1. The third-order valence-electron chi connectivity index (χ3n) is 5.37. The normalized spacial score (nSPS) is 11.0. The third kappa shape index (κ3) is 6.20. The standard InChI is InChI=1S/C27H20N4O6/c32-27(22-9-5-2-6-10-22)37-18-25(21-13-11-20(12-14-21)19-7-3-1-4-8-19)29-28-24-16-15-23(30(33)34)17-26(24)31(35)36/h1-17,28H,18H2/b29-25+. The quantitative estimate of drug-likeness (QED) is 0.133. The fourth-order valence-electron chi connectivity index (χ4n) is 3.46. The SMILES string of the molecule is O=C(OC/C(=N\Nc1ccc([N+](=O)[O-])cc1[N+](=O)[O-])c1ccc(-c2ccccc2)cc1)c1ccccc1. The lowest BCUT2D eigenvalue weighted by atomic mass is 10.0. The van der Waals surface area contributed by atoms with Crippen LogP contribution >= 0.6 is 0 Å². The zero-order valence-corrected chi connectivity index (χ0v) is 19.3. The molecule has 0 spiro atoms.